The Balaban J connectivity index is 2.21. The number of carbonyl (C=O) groups is 1. The highest BCUT2D eigenvalue weighted by Crippen LogP contribution is 2.36. The molecule has 2 aromatic rings. The van der Waals surface area contributed by atoms with E-state index in [9.17, 15) is 18.0 Å². The number of rotatable bonds is 3. The van der Waals surface area contributed by atoms with Crippen LogP contribution in [0.25, 0.3) is 0 Å². The number of alkyl halides is 3. The third-order valence-electron chi connectivity index (χ3n) is 2.17. The third-order valence-corrected chi connectivity index (χ3v) is 4.37. The van der Waals surface area contributed by atoms with E-state index in [2.05, 4.69) is 0 Å². The molecule has 1 aromatic carbocycles. The number of aromatic carboxylic acids is 1. The van der Waals surface area contributed by atoms with Gasteiger partial charge in [0.25, 0.3) is 0 Å². The molecule has 2 rings (SSSR count). The largest absolute Gasteiger partial charge is 0.477 e. The minimum absolute atomic E-state index is 0.162. The van der Waals surface area contributed by atoms with Gasteiger partial charge in [0.05, 0.1) is 9.77 Å². The molecule has 0 saturated carbocycles. The summed E-state index contributed by atoms with van der Waals surface area (Å²) in [6, 6.07) is 7.95. The lowest BCUT2D eigenvalue weighted by Gasteiger charge is -2.07. The number of hydrogen-bond donors (Lipinski definition) is 1. The summed E-state index contributed by atoms with van der Waals surface area (Å²) in [7, 11) is 0. The molecular weight excluding hydrogens is 297 g/mol. The third kappa shape index (κ3) is 3.51. The first-order valence-corrected chi connectivity index (χ1v) is 6.68. The van der Waals surface area contributed by atoms with Gasteiger partial charge in [-0.15, -0.1) is 11.3 Å². The molecule has 0 aliphatic carbocycles. The van der Waals surface area contributed by atoms with E-state index in [1.807, 2.05) is 0 Å². The van der Waals surface area contributed by atoms with E-state index in [1.54, 1.807) is 12.1 Å². The lowest BCUT2D eigenvalue weighted by Crippen LogP contribution is -2.04. The number of hydrogen-bond acceptors (Lipinski definition) is 3. The number of halogens is 3. The van der Waals surface area contributed by atoms with Gasteiger partial charge in [-0.1, -0.05) is 17.8 Å². The van der Waals surface area contributed by atoms with Gasteiger partial charge < -0.3 is 5.11 Å². The second-order valence-electron chi connectivity index (χ2n) is 3.55. The summed E-state index contributed by atoms with van der Waals surface area (Å²) >= 11 is 2.14. The fraction of sp³-hybridized carbons (Fsp3) is 0.0833. The van der Waals surface area contributed by atoms with Crippen LogP contribution in [0.15, 0.2) is 45.5 Å². The number of carboxylic acids is 1. The maximum atomic E-state index is 12.5. The Kier molecular flexibility index (Phi) is 3.86. The van der Waals surface area contributed by atoms with Crippen molar-refractivity contribution in [3.05, 3.63) is 46.8 Å². The average Bonchev–Trinajstić information content (AvgIpc) is 2.77. The monoisotopic (exact) mass is 304 g/mol. The molecule has 1 N–H and O–H groups in total. The smallest absolute Gasteiger partial charge is 0.416 e. The number of carboxylic acid groups (broad SMARTS) is 1. The van der Waals surface area contributed by atoms with Crippen LogP contribution in [0, 0.1) is 0 Å². The SMILES string of the molecule is O=C(O)c1ccc(Sc2cccc(C(F)(F)F)c2)s1. The van der Waals surface area contributed by atoms with Gasteiger partial charge in [0, 0.05) is 4.90 Å². The fourth-order valence-electron chi connectivity index (χ4n) is 1.34. The molecule has 0 bridgehead atoms. The summed E-state index contributed by atoms with van der Waals surface area (Å²) in [6.45, 7) is 0. The van der Waals surface area contributed by atoms with E-state index in [0.717, 1.165) is 35.2 Å². The molecule has 1 heterocycles. The molecule has 0 aliphatic rings. The van der Waals surface area contributed by atoms with E-state index in [0.29, 0.717) is 9.10 Å². The van der Waals surface area contributed by atoms with Crippen LogP contribution in [0.1, 0.15) is 15.2 Å². The second kappa shape index (κ2) is 5.26. The minimum Gasteiger partial charge on any atom is -0.477 e. The average molecular weight is 304 g/mol. The van der Waals surface area contributed by atoms with Crippen LogP contribution in [0.3, 0.4) is 0 Å². The first-order chi connectivity index (χ1) is 8.86. The Morgan fingerprint density at radius 3 is 2.53 bits per heavy atom. The highest BCUT2D eigenvalue weighted by atomic mass is 32.2. The molecule has 0 amide bonds. The molecule has 0 fully saturated rings. The second-order valence-corrected chi connectivity index (χ2v) is 6.01. The molecule has 19 heavy (non-hydrogen) atoms. The van der Waals surface area contributed by atoms with Gasteiger partial charge in [-0.2, -0.15) is 13.2 Å². The van der Waals surface area contributed by atoms with E-state index < -0.39 is 17.7 Å². The lowest BCUT2D eigenvalue weighted by atomic mass is 10.2. The Morgan fingerprint density at radius 1 is 1.21 bits per heavy atom. The molecule has 7 heteroatoms. The van der Waals surface area contributed by atoms with Gasteiger partial charge in [0.1, 0.15) is 4.88 Å². The highest BCUT2D eigenvalue weighted by molar-refractivity contribution is 8.01. The van der Waals surface area contributed by atoms with E-state index in [4.69, 9.17) is 5.11 Å². The topological polar surface area (TPSA) is 37.3 Å². The van der Waals surface area contributed by atoms with Crippen molar-refractivity contribution in [2.75, 3.05) is 0 Å². The van der Waals surface area contributed by atoms with Crippen molar-refractivity contribution in [3.63, 3.8) is 0 Å². The Morgan fingerprint density at radius 2 is 1.95 bits per heavy atom. The van der Waals surface area contributed by atoms with Crippen molar-refractivity contribution in [1.82, 2.24) is 0 Å². The Bertz CT molecular complexity index is 605. The van der Waals surface area contributed by atoms with Crippen LogP contribution < -0.4 is 0 Å². The van der Waals surface area contributed by atoms with Crippen LogP contribution in [0.4, 0.5) is 13.2 Å². The molecular formula is C12H7F3O2S2. The fourth-order valence-corrected chi connectivity index (χ4v) is 3.34. The number of benzene rings is 1. The van der Waals surface area contributed by atoms with E-state index >= 15 is 0 Å². The van der Waals surface area contributed by atoms with Gasteiger partial charge in [-0.25, -0.2) is 4.79 Å². The summed E-state index contributed by atoms with van der Waals surface area (Å²) in [5.74, 6) is -1.04. The molecule has 0 spiro atoms. The van der Waals surface area contributed by atoms with Gasteiger partial charge in [0.2, 0.25) is 0 Å². The standard InChI is InChI=1S/C12H7F3O2S2/c13-12(14,15)7-2-1-3-8(6-7)18-10-5-4-9(19-10)11(16)17/h1-6H,(H,16,17). The minimum atomic E-state index is -4.38. The summed E-state index contributed by atoms with van der Waals surface area (Å²) in [6.07, 6.45) is -4.38. The molecule has 0 radical (unpaired) electrons. The van der Waals surface area contributed by atoms with Gasteiger partial charge in [-0.05, 0) is 30.3 Å². The molecule has 1 aromatic heterocycles. The molecule has 0 atom stereocenters. The lowest BCUT2D eigenvalue weighted by molar-refractivity contribution is -0.137. The van der Waals surface area contributed by atoms with Crippen molar-refractivity contribution >= 4 is 29.1 Å². The van der Waals surface area contributed by atoms with E-state index in [-0.39, 0.29) is 4.88 Å². The molecule has 0 saturated heterocycles. The van der Waals surface area contributed by atoms with Gasteiger partial charge in [0.15, 0.2) is 0 Å². The zero-order valence-electron chi connectivity index (χ0n) is 9.27. The summed E-state index contributed by atoms with van der Waals surface area (Å²) in [5, 5.41) is 8.77. The molecule has 2 nitrogen and oxygen atoms in total. The quantitative estimate of drug-likeness (QED) is 0.899. The normalized spacial score (nSPS) is 11.5. The Hall–Kier alpha value is -1.47. The summed E-state index contributed by atoms with van der Waals surface area (Å²) in [5.41, 5.74) is -0.715. The Labute approximate surface area is 114 Å². The van der Waals surface area contributed by atoms with Crippen LogP contribution in [-0.4, -0.2) is 11.1 Å². The first kappa shape index (κ1) is 14.0. The van der Waals surface area contributed by atoms with Crippen molar-refractivity contribution in [3.8, 4) is 0 Å². The predicted octanol–water partition coefficient (Wildman–Crippen LogP) is 4.62. The zero-order valence-corrected chi connectivity index (χ0v) is 10.9. The maximum absolute atomic E-state index is 12.5. The van der Waals surface area contributed by atoms with Crippen LogP contribution in [-0.2, 0) is 6.18 Å². The predicted molar refractivity (Wildman–Crippen MR) is 66.8 cm³/mol. The zero-order chi connectivity index (χ0) is 14.0. The van der Waals surface area contributed by atoms with Gasteiger partial charge >= 0.3 is 12.1 Å². The van der Waals surface area contributed by atoms with Crippen molar-refractivity contribution in [2.24, 2.45) is 0 Å². The van der Waals surface area contributed by atoms with Crippen molar-refractivity contribution in [2.45, 2.75) is 15.3 Å². The van der Waals surface area contributed by atoms with Crippen molar-refractivity contribution in [1.29, 1.82) is 0 Å². The first-order valence-electron chi connectivity index (χ1n) is 5.04. The van der Waals surface area contributed by atoms with Gasteiger partial charge in [-0.3, -0.25) is 0 Å². The number of thiophene rings is 1. The van der Waals surface area contributed by atoms with E-state index in [1.165, 1.54) is 12.1 Å². The molecule has 0 unspecified atom stereocenters. The van der Waals surface area contributed by atoms with Crippen molar-refractivity contribution < 1.29 is 23.1 Å². The van der Waals surface area contributed by atoms with Crippen LogP contribution >= 0.6 is 23.1 Å². The molecule has 0 aliphatic heterocycles. The maximum Gasteiger partial charge on any atom is 0.416 e. The molecule has 100 valence electrons. The summed E-state index contributed by atoms with van der Waals surface area (Å²) < 4.78 is 38.2. The highest BCUT2D eigenvalue weighted by Gasteiger charge is 2.30. The van der Waals surface area contributed by atoms with Crippen LogP contribution in [0.5, 0.6) is 0 Å². The summed E-state index contributed by atoms with van der Waals surface area (Å²) in [4.78, 5) is 11.3. The van der Waals surface area contributed by atoms with Crippen LogP contribution in [0.2, 0.25) is 0 Å².